The van der Waals surface area contributed by atoms with Crippen LogP contribution in [0.15, 0.2) is 10.1 Å². The van der Waals surface area contributed by atoms with E-state index < -0.39 is 29.8 Å². The van der Waals surface area contributed by atoms with Crippen molar-refractivity contribution in [3.63, 3.8) is 0 Å². The molecule has 3 aliphatic rings. The Labute approximate surface area is 181 Å². The van der Waals surface area contributed by atoms with Crippen LogP contribution >= 0.6 is 0 Å². The lowest BCUT2D eigenvalue weighted by atomic mass is 9.79. The van der Waals surface area contributed by atoms with Gasteiger partial charge in [0.2, 0.25) is 0 Å². The van der Waals surface area contributed by atoms with Gasteiger partial charge >= 0.3 is 0 Å². The Hall–Kier alpha value is -1.22. The highest BCUT2D eigenvalue weighted by molar-refractivity contribution is 6.31. The highest BCUT2D eigenvalue weighted by atomic mass is 16.6. The van der Waals surface area contributed by atoms with Crippen LogP contribution in [-0.2, 0) is 23.7 Å². The van der Waals surface area contributed by atoms with Crippen LogP contribution in [0.5, 0.6) is 0 Å². The predicted molar refractivity (Wildman–Crippen MR) is 110 cm³/mol. The summed E-state index contributed by atoms with van der Waals surface area (Å²) in [6, 6.07) is 0. The van der Waals surface area contributed by atoms with Gasteiger partial charge in [0.1, 0.15) is 16.9 Å². The van der Waals surface area contributed by atoms with Gasteiger partial charge < -0.3 is 50.6 Å². The summed E-state index contributed by atoms with van der Waals surface area (Å²) in [6.45, 7) is 2.56. The van der Waals surface area contributed by atoms with Gasteiger partial charge in [0, 0.05) is 25.1 Å². The zero-order valence-corrected chi connectivity index (χ0v) is 17.6. The Balaban J connectivity index is 1.47. The first-order valence-electron chi connectivity index (χ1n) is 10.5. The lowest BCUT2D eigenvalue weighted by Crippen LogP contribution is -2.54. The molecule has 12 heteroatoms. The van der Waals surface area contributed by atoms with Crippen molar-refractivity contribution in [2.75, 3.05) is 66.0 Å². The second-order valence-corrected chi connectivity index (χ2v) is 8.04. The van der Waals surface area contributed by atoms with Crippen molar-refractivity contribution in [2.45, 2.75) is 35.9 Å². The lowest BCUT2D eigenvalue weighted by molar-refractivity contribution is -0.135. The van der Waals surface area contributed by atoms with E-state index in [1.165, 1.54) is 6.21 Å². The van der Waals surface area contributed by atoms with Crippen molar-refractivity contribution >= 4 is 11.9 Å². The van der Waals surface area contributed by atoms with Crippen molar-refractivity contribution < 1.29 is 39.0 Å². The molecule has 2 aliphatic heterocycles. The summed E-state index contributed by atoms with van der Waals surface area (Å²) in [4.78, 5) is 4.52. The molecule has 3 rings (SSSR count). The van der Waals surface area contributed by atoms with Gasteiger partial charge in [0.15, 0.2) is 0 Å². The number of nitrogens with two attached hydrogens (primary N) is 2. The zero-order chi connectivity index (χ0) is 22.3. The number of aliphatic hydroxyl groups is 3. The molecule has 0 aromatic heterocycles. The number of aliphatic hydroxyl groups excluding tert-OH is 2. The molecular formula is C19H34N4O8. The van der Waals surface area contributed by atoms with Gasteiger partial charge in [0.25, 0.3) is 0 Å². The van der Waals surface area contributed by atoms with Gasteiger partial charge in [-0.3, -0.25) is 4.99 Å². The van der Waals surface area contributed by atoms with Crippen molar-refractivity contribution in [3.8, 4) is 0 Å². The Morgan fingerprint density at radius 1 is 1.13 bits per heavy atom. The molecule has 1 unspecified atom stereocenters. The Morgan fingerprint density at radius 3 is 2.42 bits per heavy atom. The molecule has 0 aromatic carbocycles. The number of hydrogen-bond donors (Lipinski definition) is 5. The molecule has 178 valence electrons. The minimum atomic E-state index is -1.58. The summed E-state index contributed by atoms with van der Waals surface area (Å²) in [7, 11) is 0. The topological polar surface area (TPSA) is 187 Å². The van der Waals surface area contributed by atoms with E-state index >= 15 is 0 Å². The van der Waals surface area contributed by atoms with Crippen molar-refractivity contribution in [2.24, 2.45) is 27.6 Å². The third kappa shape index (κ3) is 5.97. The summed E-state index contributed by atoms with van der Waals surface area (Å²) in [6.07, 6.45) is 0.205. The normalized spacial score (nSPS) is 37.6. The number of nitrogens with zero attached hydrogens (tertiary/aromatic N) is 2. The SMILES string of the molecule is NCCOCCOCCOC/C(C=N[C@]12C[C@@H]1OC[C@@](O)(CO)[C@H](C1CO1)[C@@H]2O)=N/N. The molecule has 2 heterocycles. The third-order valence-corrected chi connectivity index (χ3v) is 5.83. The van der Waals surface area contributed by atoms with Crippen molar-refractivity contribution in [1.82, 2.24) is 0 Å². The summed E-state index contributed by atoms with van der Waals surface area (Å²) < 4.78 is 27.1. The molecule has 31 heavy (non-hydrogen) atoms. The maximum Gasteiger partial charge on any atom is 0.119 e. The molecule has 3 fully saturated rings. The largest absolute Gasteiger partial charge is 0.393 e. The number of rotatable bonds is 14. The van der Waals surface area contributed by atoms with Gasteiger partial charge in [-0.05, 0) is 0 Å². The van der Waals surface area contributed by atoms with E-state index in [-0.39, 0.29) is 25.4 Å². The van der Waals surface area contributed by atoms with Crippen LogP contribution < -0.4 is 11.6 Å². The zero-order valence-electron chi connectivity index (χ0n) is 17.6. The average molecular weight is 447 g/mol. The predicted octanol–water partition coefficient (Wildman–Crippen LogP) is -2.98. The summed E-state index contributed by atoms with van der Waals surface area (Å²) in [5.41, 5.74) is 3.20. The van der Waals surface area contributed by atoms with E-state index in [1.54, 1.807) is 0 Å². The van der Waals surface area contributed by atoms with Gasteiger partial charge in [-0.2, -0.15) is 5.10 Å². The molecule has 0 spiro atoms. The number of fused-ring (bicyclic) bond motifs is 1. The highest BCUT2D eigenvalue weighted by Gasteiger charge is 2.69. The summed E-state index contributed by atoms with van der Waals surface area (Å²) >= 11 is 0. The van der Waals surface area contributed by atoms with Crippen LogP contribution in [0.2, 0.25) is 0 Å². The summed E-state index contributed by atoms with van der Waals surface area (Å²) in [5.74, 6) is 4.74. The molecular weight excluding hydrogens is 412 g/mol. The number of ether oxygens (including phenoxy) is 5. The minimum Gasteiger partial charge on any atom is -0.393 e. The van der Waals surface area contributed by atoms with E-state index in [4.69, 9.17) is 35.3 Å². The Bertz CT molecular complexity index is 634. The van der Waals surface area contributed by atoms with Crippen LogP contribution in [0.25, 0.3) is 0 Å². The minimum absolute atomic E-state index is 0.0920. The van der Waals surface area contributed by atoms with Crippen LogP contribution in [0, 0.1) is 5.92 Å². The van der Waals surface area contributed by atoms with E-state index in [1.807, 2.05) is 0 Å². The van der Waals surface area contributed by atoms with E-state index in [0.717, 1.165) is 0 Å². The standard InChI is InChI=1S/C19H34N4O8/c20-1-2-27-3-4-28-5-6-29-9-13(23-21)8-22-19-7-15(19)31-12-18(26,11-24)16(17(19)25)14-10-30-14/h8,14-17,24-26H,1-7,9-12,20-21H2/b22-8?,23-13+/t14?,15-,16+,17-,18-,19+/m0/s1. The van der Waals surface area contributed by atoms with E-state index in [9.17, 15) is 15.3 Å². The molecule has 1 saturated carbocycles. The number of hydrogen-bond acceptors (Lipinski definition) is 12. The molecule has 0 radical (unpaired) electrons. The molecule has 1 aliphatic carbocycles. The first-order valence-corrected chi connectivity index (χ1v) is 10.5. The van der Waals surface area contributed by atoms with Crippen molar-refractivity contribution in [3.05, 3.63) is 0 Å². The second-order valence-electron chi connectivity index (χ2n) is 8.04. The average Bonchev–Trinajstić information content (AvgIpc) is 3.69. The fourth-order valence-electron chi connectivity index (χ4n) is 3.88. The molecule has 0 amide bonds. The molecule has 7 N–H and O–H groups in total. The number of hydrazone groups is 1. The van der Waals surface area contributed by atoms with Crippen molar-refractivity contribution in [1.29, 1.82) is 0 Å². The second kappa shape index (κ2) is 11.1. The molecule has 6 atom stereocenters. The first kappa shape index (κ1) is 24.4. The van der Waals surface area contributed by atoms with Gasteiger partial charge in [-0.1, -0.05) is 0 Å². The maximum atomic E-state index is 11.0. The lowest BCUT2D eigenvalue weighted by Gasteiger charge is -2.36. The van der Waals surface area contributed by atoms with Crippen LogP contribution in [0.4, 0.5) is 0 Å². The molecule has 0 bridgehead atoms. The fourth-order valence-corrected chi connectivity index (χ4v) is 3.88. The number of epoxide rings is 1. The van der Waals surface area contributed by atoms with E-state index in [0.29, 0.717) is 58.3 Å². The third-order valence-electron chi connectivity index (χ3n) is 5.83. The molecule has 0 aromatic rings. The molecule has 12 nitrogen and oxygen atoms in total. The monoisotopic (exact) mass is 446 g/mol. The molecule has 2 saturated heterocycles. The van der Waals surface area contributed by atoms with Crippen LogP contribution in [0.3, 0.4) is 0 Å². The van der Waals surface area contributed by atoms with Gasteiger partial charge in [-0.15, -0.1) is 0 Å². The number of aliphatic imine (C=N–C) groups is 1. The Kier molecular flexibility index (Phi) is 8.73. The summed E-state index contributed by atoms with van der Waals surface area (Å²) in [5, 5.41) is 35.2. The van der Waals surface area contributed by atoms with Crippen LogP contribution in [0.1, 0.15) is 6.42 Å². The quantitative estimate of drug-likeness (QED) is 0.0606. The Morgan fingerprint density at radius 2 is 1.81 bits per heavy atom. The van der Waals surface area contributed by atoms with Gasteiger partial charge in [0.05, 0.1) is 77.8 Å². The van der Waals surface area contributed by atoms with Crippen LogP contribution in [-0.4, -0.2) is 123 Å². The smallest absolute Gasteiger partial charge is 0.119 e. The highest BCUT2D eigenvalue weighted by Crippen LogP contribution is 2.53. The maximum absolute atomic E-state index is 11.0. The first-order chi connectivity index (χ1) is 15.0. The van der Waals surface area contributed by atoms with Gasteiger partial charge in [-0.25, -0.2) is 0 Å². The van der Waals surface area contributed by atoms with E-state index in [2.05, 4.69) is 10.1 Å². The fraction of sp³-hybridized carbons (Fsp3) is 0.895.